The number of aromatic amines is 1. The Kier molecular flexibility index (Phi) is 4.82. The van der Waals surface area contributed by atoms with Crippen LogP contribution in [-0.4, -0.2) is 50.8 Å². The molecule has 0 bridgehead atoms. The number of hydrogen-bond acceptors (Lipinski definition) is 6. The molecule has 28 heavy (non-hydrogen) atoms. The van der Waals surface area contributed by atoms with Gasteiger partial charge < -0.3 is 20.9 Å². The van der Waals surface area contributed by atoms with Crippen molar-refractivity contribution in [3.05, 3.63) is 48.7 Å². The standard InChI is InChI=1S/C20H23N5O2S/c1-28(26,27)16-4-2-14(3-5-16)18-12-15(6-7-23-18)19-13-17(21)20(24-19)25-10-8-22-9-11-25/h2-7,12-13,22,24H,8-11,21H2,1H3. The lowest BCUT2D eigenvalue weighted by atomic mass is 10.1. The van der Waals surface area contributed by atoms with E-state index in [9.17, 15) is 8.42 Å². The number of pyridine rings is 1. The van der Waals surface area contributed by atoms with Crippen LogP contribution in [0.3, 0.4) is 0 Å². The minimum Gasteiger partial charge on any atom is -0.396 e. The number of anilines is 2. The van der Waals surface area contributed by atoms with Crippen molar-refractivity contribution >= 4 is 21.3 Å². The van der Waals surface area contributed by atoms with Crippen LogP contribution in [0.5, 0.6) is 0 Å². The van der Waals surface area contributed by atoms with Crippen LogP contribution in [-0.2, 0) is 9.84 Å². The molecule has 4 rings (SSSR count). The van der Waals surface area contributed by atoms with E-state index >= 15 is 0 Å². The van der Waals surface area contributed by atoms with E-state index in [0.29, 0.717) is 4.90 Å². The van der Waals surface area contributed by atoms with Crippen LogP contribution in [0.25, 0.3) is 22.5 Å². The van der Waals surface area contributed by atoms with Crippen molar-refractivity contribution < 1.29 is 8.42 Å². The van der Waals surface area contributed by atoms with Gasteiger partial charge in [0, 0.05) is 55.5 Å². The Balaban J connectivity index is 1.64. The van der Waals surface area contributed by atoms with Crippen molar-refractivity contribution in [1.82, 2.24) is 15.3 Å². The Bertz CT molecular complexity index is 1080. The monoisotopic (exact) mass is 397 g/mol. The van der Waals surface area contributed by atoms with Crippen molar-refractivity contribution in [1.29, 1.82) is 0 Å². The number of nitrogens with zero attached hydrogens (tertiary/aromatic N) is 2. The van der Waals surface area contributed by atoms with E-state index in [4.69, 9.17) is 5.73 Å². The number of piperazine rings is 1. The van der Waals surface area contributed by atoms with E-state index in [0.717, 1.165) is 60.2 Å². The zero-order valence-corrected chi connectivity index (χ0v) is 16.5. The van der Waals surface area contributed by atoms with E-state index in [1.807, 2.05) is 18.2 Å². The zero-order valence-electron chi connectivity index (χ0n) is 15.6. The van der Waals surface area contributed by atoms with Gasteiger partial charge in [-0.2, -0.15) is 0 Å². The van der Waals surface area contributed by atoms with Gasteiger partial charge >= 0.3 is 0 Å². The summed E-state index contributed by atoms with van der Waals surface area (Å²) in [6.45, 7) is 3.71. The maximum absolute atomic E-state index is 11.6. The number of H-pyrrole nitrogens is 1. The molecule has 0 radical (unpaired) electrons. The maximum Gasteiger partial charge on any atom is 0.175 e. The first-order chi connectivity index (χ1) is 13.4. The van der Waals surface area contributed by atoms with Gasteiger partial charge in [0.15, 0.2) is 9.84 Å². The predicted octanol–water partition coefficient (Wildman–Crippen LogP) is 2.14. The highest BCUT2D eigenvalue weighted by atomic mass is 32.2. The van der Waals surface area contributed by atoms with Crippen LogP contribution in [0.1, 0.15) is 0 Å². The van der Waals surface area contributed by atoms with Crippen LogP contribution in [0.2, 0.25) is 0 Å². The summed E-state index contributed by atoms with van der Waals surface area (Å²) in [5.41, 5.74) is 10.5. The number of rotatable bonds is 4. The molecule has 8 heteroatoms. The molecule has 0 aliphatic carbocycles. The number of aromatic nitrogens is 2. The second kappa shape index (κ2) is 7.29. The number of nitrogen functional groups attached to an aromatic ring is 1. The fourth-order valence-electron chi connectivity index (χ4n) is 3.39. The van der Waals surface area contributed by atoms with Crippen LogP contribution in [0.15, 0.2) is 53.6 Å². The van der Waals surface area contributed by atoms with Gasteiger partial charge in [-0.15, -0.1) is 0 Å². The first-order valence-corrected chi connectivity index (χ1v) is 11.0. The Morgan fingerprint density at radius 1 is 1.04 bits per heavy atom. The molecule has 0 spiro atoms. The minimum absolute atomic E-state index is 0.296. The molecule has 2 aromatic heterocycles. The van der Waals surface area contributed by atoms with E-state index in [-0.39, 0.29) is 0 Å². The van der Waals surface area contributed by atoms with E-state index in [1.165, 1.54) is 6.26 Å². The van der Waals surface area contributed by atoms with Crippen LogP contribution >= 0.6 is 0 Å². The summed E-state index contributed by atoms with van der Waals surface area (Å²) in [5.74, 6) is 0.951. The average Bonchev–Trinajstić information content (AvgIpc) is 3.10. The van der Waals surface area contributed by atoms with Crippen molar-refractivity contribution in [2.24, 2.45) is 0 Å². The summed E-state index contributed by atoms with van der Waals surface area (Å²) in [7, 11) is -3.21. The highest BCUT2D eigenvalue weighted by molar-refractivity contribution is 7.90. The second-order valence-electron chi connectivity index (χ2n) is 6.95. The van der Waals surface area contributed by atoms with Crippen molar-refractivity contribution in [2.75, 3.05) is 43.1 Å². The summed E-state index contributed by atoms with van der Waals surface area (Å²) < 4.78 is 23.3. The van der Waals surface area contributed by atoms with Gasteiger partial charge in [-0.05, 0) is 30.3 Å². The van der Waals surface area contributed by atoms with Gasteiger partial charge in [-0.3, -0.25) is 4.98 Å². The number of benzene rings is 1. The first-order valence-electron chi connectivity index (χ1n) is 9.13. The topological polar surface area (TPSA) is 104 Å². The third-order valence-corrected chi connectivity index (χ3v) is 6.04. The summed E-state index contributed by atoms with van der Waals surface area (Å²) in [5, 5.41) is 3.34. The molecule has 1 fully saturated rings. The molecule has 1 aliphatic rings. The predicted molar refractivity (Wildman–Crippen MR) is 112 cm³/mol. The normalized spacial score (nSPS) is 15.0. The molecular weight excluding hydrogens is 374 g/mol. The fraction of sp³-hybridized carbons (Fsp3) is 0.250. The van der Waals surface area contributed by atoms with Crippen LogP contribution in [0.4, 0.5) is 11.5 Å². The van der Waals surface area contributed by atoms with Crippen molar-refractivity contribution in [3.63, 3.8) is 0 Å². The van der Waals surface area contributed by atoms with E-state index in [2.05, 4.69) is 20.2 Å². The van der Waals surface area contributed by atoms with Crippen LogP contribution in [0, 0.1) is 0 Å². The molecule has 4 N–H and O–H groups in total. The molecular formula is C20H23N5O2S. The van der Waals surface area contributed by atoms with Gasteiger partial charge in [0.25, 0.3) is 0 Å². The molecule has 0 saturated carbocycles. The molecule has 3 aromatic rings. The summed E-state index contributed by atoms with van der Waals surface area (Å²) in [4.78, 5) is 10.4. The van der Waals surface area contributed by atoms with Gasteiger partial charge in [0.1, 0.15) is 5.82 Å². The summed E-state index contributed by atoms with van der Waals surface area (Å²) in [6.07, 6.45) is 2.95. The van der Waals surface area contributed by atoms with Gasteiger partial charge in [0.05, 0.1) is 16.3 Å². The molecule has 0 unspecified atom stereocenters. The fourth-order valence-corrected chi connectivity index (χ4v) is 4.02. The van der Waals surface area contributed by atoms with Gasteiger partial charge in [0.2, 0.25) is 0 Å². The second-order valence-corrected chi connectivity index (χ2v) is 8.97. The number of hydrogen-bond donors (Lipinski definition) is 3. The lowest BCUT2D eigenvalue weighted by Crippen LogP contribution is -2.43. The molecule has 1 aromatic carbocycles. The van der Waals surface area contributed by atoms with Crippen molar-refractivity contribution in [2.45, 2.75) is 4.90 Å². The zero-order chi connectivity index (χ0) is 19.7. The van der Waals surface area contributed by atoms with E-state index < -0.39 is 9.84 Å². The molecule has 0 atom stereocenters. The molecule has 0 amide bonds. The first kappa shape index (κ1) is 18.5. The third-order valence-electron chi connectivity index (χ3n) is 4.91. The van der Waals surface area contributed by atoms with Gasteiger partial charge in [-0.1, -0.05) is 12.1 Å². The molecule has 1 saturated heterocycles. The highest BCUT2D eigenvalue weighted by Crippen LogP contribution is 2.31. The Labute approximate surface area is 164 Å². The summed E-state index contributed by atoms with van der Waals surface area (Å²) in [6, 6.07) is 12.6. The third kappa shape index (κ3) is 3.74. The van der Waals surface area contributed by atoms with Gasteiger partial charge in [-0.25, -0.2) is 8.42 Å². The smallest absolute Gasteiger partial charge is 0.175 e. The number of sulfone groups is 1. The quantitative estimate of drug-likeness (QED) is 0.623. The Morgan fingerprint density at radius 3 is 2.43 bits per heavy atom. The minimum atomic E-state index is -3.21. The molecule has 146 valence electrons. The molecule has 7 nitrogen and oxygen atoms in total. The SMILES string of the molecule is CS(=O)(=O)c1ccc(-c2cc(-c3cc(N)c(N4CCNCC4)[nH]3)ccn2)cc1. The van der Waals surface area contributed by atoms with E-state index in [1.54, 1.807) is 30.5 Å². The largest absolute Gasteiger partial charge is 0.396 e. The maximum atomic E-state index is 11.6. The molecule has 3 heterocycles. The number of nitrogens with one attached hydrogen (secondary N) is 2. The average molecular weight is 398 g/mol. The lowest BCUT2D eigenvalue weighted by Gasteiger charge is -2.28. The number of nitrogens with two attached hydrogens (primary N) is 1. The highest BCUT2D eigenvalue weighted by Gasteiger charge is 2.17. The Hall–Kier alpha value is -2.84. The summed E-state index contributed by atoms with van der Waals surface area (Å²) >= 11 is 0. The van der Waals surface area contributed by atoms with Crippen molar-refractivity contribution in [3.8, 4) is 22.5 Å². The molecule has 1 aliphatic heterocycles. The Morgan fingerprint density at radius 2 is 1.75 bits per heavy atom. The lowest BCUT2D eigenvalue weighted by molar-refractivity contribution is 0.586. The van der Waals surface area contributed by atoms with Crippen LogP contribution < -0.4 is 16.0 Å².